The first-order valence-electron chi connectivity index (χ1n) is 4.61. The minimum Gasteiger partial charge on any atom is -0.462 e. The summed E-state index contributed by atoms with van der Waals surface area (Å²) in [5.74, 6) is -0.881. The second-order valence-electron chi connectivity index (χ2n) is 2.98. The summed E-state index contributed by atoms with van der Waals surface area (Å²) in [6.45, 7) is 1.65. The number of nitro groups is 1. The Morgan fingerprint density at radius 1 is 1.59 bits per heavy atom. The molecule has 1 aromatic rings. The smallest absolute Gasteiger partial charge is 0.345 e. The largest absolute Gasteiger partial charge is 0.462 e. The minimum atomic E-state index is -0.881. The molecule has 1 aromatic carbocycles. The summed E-state index contributed by atoms with van der Waals surface area (Å²) in [5.41, 5.74) is -0.862. The van der Waals surface area contributed by atoms with Crippen LogP contribution in [0.2, 0.25) is 0 Å². The van der Waals surface area contributed by atoms with Crippen LogP contribution in [0.3, 0.4) is 0 Å². The van der Waals surface area contributed by atoms with Gasteiger partial charge in [0.15, 0.2) is 6.29 Å². The van der Waals surface area contributed by atoms with Gasteiger partial charge in [-0.1, -0.05) is 15.9 Å². The molecule has 7 heteroatoms. The van der Waals surface area contributed by atoms with E-state index >= 15 is 0 Å². The molecule has 17 heavy (non-hydrogen) atoms. The molecule has 0 saturated carbocycles. The molecule has 0 aliphatic carbocycles. The van der Waals surface area contributed by atoms with Crippen LogP contribution in [0.25, 0.3) is 0 Å². The van der Waals surface area contributed by atoms with Gasteiger partial charge in [0, 0.05) is 16.1 Å². The first-order valence-corrected chi connectivity index (χ1v) is 5.40. The normalized spacial score (nSPS) is 9.76. The Morgan fingerprint density at radius 3 is 2.71 bits per heavy atom. The summed E-state index contributed by atoms with van der Waals surface area (Å²) in [6, 6.07) is 2.48. The second kappa shape index (κ2) is 5.53. The fourth-order valence-electron chi connectivity index (χ4n) is 1.28. The predicted octanol–water partition coefficient (Wildman–Crippen LogP) is 2.35. The molecule has 0 atom stereocenters. The molecular formula is C10H8BrNO5. The first-order chi connectivity index (χ1) is 8.01. The monoisotopic (exact) mass is 301 g/mol. The van der Waals surface area contributed by atoms with E-state index in [0.29, 0.717) is 10.8 Å². The van der Waals surface area contributed by atoms with Gasteiger partial charge in [-0.25, -0.2) is 4.79 Å². The Balaban J connectivity index is 3.47. The highest BCUT2D eigenvalue weighted by Crippen LogP contribution is 2.27. The molecule has 0 aliphatic rings. The van der Waals surface area contributed by atoms with Crippen LogP contribution < -0.4 is 0 Å². The number of hydrogen-bond acceptors (Lipinski definition) is 5. The number of benzene rings is 1. The summed E-state index contributed by atoms with van der Waals surface area (Å²) in [5, 5.41) is 10.8. The van der Waals surface area contributed by atoms with Crippen LogP contribution in [-0.4, -0.2) is 23.8 Å². The third-order valence-corrected chi connectivity index (χ3v) is 2.37. The highest BCUT2D eigenvalue weighted by atomic mass is 79.9. The molecule has 0 bridgehead atoms. The number of nitro benzene ring substituents is 1. The van der Waals surface area contributed by atoms with Gasteiger partial charge in [0.1, 0.15) is 5.56 Å². The van der Waals surface area contributed by atoms with Crippen molar-refractivity contribution in [2.75, 3.05) is 6.61 Å². The molecule has 0 unspecified atom stereocenters. The number of aldehydes is 1. The maximum atomic E-state index is 11.6. The van der Waals surface area contributed by atoms with E-state index in [1.54, 1.807) is 6.92 Å². The predicted molar refractivity (Wildman–Crippen MR) is 62.1 cm³/mol. The molecule has 90 valence electrons. The minimum absolute atomic E-state index is 0.0738. The first kappa shape index (κ1) is 13.3. The van der Waals surface area contributed by atoms with Gasteiger partial charge < -0.3 is 4.74 Å². The molecule has 0 N–H and O–H groups in total. The molecule has 1 rings (SSSR count). The van der Waals surface area contributed by atoms with Crippen molar-refractivity contribution in [1.29, 1.82) is 0 Å². The van der Waals surface area contributed by atoms with Gasteiger partial charge in [-0.15, -0.1) is 0 Å². The molecule has 0 aliphatic heterocycles. The van der Waals surface area contributed by atoms with Gasteiger partial charge >= 0.3 is 5.97 Å². The summed E-state index contributed by atoms with van der Waals surface area (Å²) < 4.78 is 5.03. The molecule has 0 spiro atoms. The maximum absolute atomic E-state index is 11.6. The zero-order valence-electron chi connectivity index (χ0n) is 8.81. The van der Waals surface area contributed by atoms with Crippen molar-refractivity contribution in [1.82, 2.24) is 0 Å². The molecule has 0 heterocycles. The molecule has 0 aromatic heterocycles. The van der Waals surface area contributed by atoms with E-state index in [9.17, 15) is 19.7 Å². The van der Waals surface area contributed by atoms with Gasteiger partial charge in [-0.05, 0) is 13.0 Å². The van der Waals surface area contributed by atoms with E-state index in [1.807, 2.05) is 0 Å². The quantitative estimate of drug-likeness (QED) is 0.369. The Kier molecular flexibility index (Phi) is 4.33. The number of hydrogen-bond donors (Lipinski definition) is 0. The SMILES string of the molecule is CCOC(=O)c1c(C=O)cc(Br)cc1[N+](=O)[O-]. The van der Waals surface area contributed by atoms with E-state index in [4.69, 9.17) is 0 Å². The van der Waals surface area contributed by atoms with Crippen LogP contribution in [0.1, 0.15) is 27.6 Å². The number of carbonyl (C=O) groups excluding carboxylic acids is 2. The Labute approximate surface area is 105 Å². The topological polar surface area (TPSA) is 86.5 Å². The third kappa shape index (κ3) is 2.88. The van der Waals surface area contributed by atoms with Crippen LogP contribution in [0.4, 0.5) is 5.69 Å². The van der Waals surface area contributed by atoms with Crippen molar-refractivity contribution < 1.29 is 19.2 Å². The zero-order chi connectivity index (χ0) is 13.0. The fourth-order valence-corrected chi connectivity index (χ4v) is 1.74. The van der Waals surface area contributed by atoms with Gasteiger partial charge in [-0.2, -0.15) is 0 Å². The number of esters is 1. The summed E-state index contributed by atoms with van der Waals surface area (Å²) >= 11 is 3.03. The standard InChI is InChI=1S/C10H8BrNO5/c1-2-17-10(14)9-6(5-13)3-7(11)4-8(9)12(15)16/h3-5H,2H2,1H3. The van der Waals surface area contributed by atoms with Gasteiger partial charge in [0.2, 0.25) is 0 Å². The lowest BCUT2D eigenvalue weighted by molar-refractivity contribution is -0.385. The van der Waals surface area contributed by atoms with Crippen LogP contribution in [0.5, 0.6) is 0 Å². The zero-order valence-corrected chi connectivity index (χ0v) is 10.4. The molecule has 0 fully saturated rings. The Morgan fingerprint density at radius 2 is 2.24 bits per heavy atom. The second-order valence-corrected chi connectivity index (χ2v) is 3.90. The van der Waals surface area contributed by atoms with Crippen LogP contribution >= 0.6 is 15.9 Å². The van der Waals surface area contributed by atoms with Crippen LogP contribution in [0, 0.1) is 10.1 Å². The van der Waals surface area contributed by atoms with Crippen molar-refractivity contribution in [3.05, 3.63) is 37.8 Å². The number of nitrogens with zero attached hydrogens (tertiary/aromatic N) is 1. The lowest BCUT2D eigenvalue weighted by atomic mass is 10.1. The summed E-state index contributed by atoms with van der Waals surface area (Å²) in [7, 11) is 0. The molecule has 0 radical (unpaired) electrons. The highest BCUT2D eigenvalue weighted by molar-refractivity contribution is 9.10. The van der Waals surface area contributed by atoms with Crippen LogP contribution in [0.15, 0.2) is 16.6 Å². The van der Waals surface area contributed by atoms with Crippen molar-refractivity contribution >= 4 is 33.9 Å². The molecule has 0 amide bonds. The average molecular weight is 302 g/mol. The van der Waals surface area contributed by atoms with Gasteiger partial charge in [0.25, 0.3) is 5.69 Å². The number of halogens is 1. The van der Waals surface area contributed by atoms with Gasteiger partial charge in [-0.3, -0.25) is 14.9 Å². The van der Waals surface area contributed by atoms with Gasteiger partial charge in [0.05, 0.1) is 11.5 Å². The van der Waals surface area contributed by atoms with E-state index in [0.717, 1.165) is 6.07 Å². The number of ether oxygens (including phenoxy) is 1. The fraction of sp³-hybridized carbons (Fsp3) is 0.200. The van der Waals surface area contributed by atoms with E-state index in [-0.39, 0.29) is 17.7 Å². The van der Waals surface area contributed by atoms with E-state index < -0.39 is 16.6 Å². The van der Waals surface area contributed by atoms with Crippen molar-refractivity contribution in [3.63, 3.8) is 0 Å². The van der Waals surface area contributed by atoms with Crippen LogP contribution in [-0.2, 0) is 4.74 Å². The Hall–Kier alpha value is -1.76. The number of carbonyl (C=O) groups is 2. The van der Waals surface area contributed by atoms with Crippen molar-refractivity contribution in [3.8, 4) is 0 Å². The highest BCUT2D eigenvalue weighted by Gasteiger charge is 2.26. The lowest BCUT2D eigenvalue weighted by Gasteiger charge is -2.06. The van der Waals surface area contributed by atoms with Crippen molar-refractivity contribution in [2.45, 2.75) is 6.92 Å². The van der Waals surface area contributed by atoms with Crippen molar-refractivity contribution in [2.24, 2.45) is 0 Å². The Bertz CT molecular complexity index is 486. The van der Waals surface area contributed by atoms with E-state index in [1.165, 1.54) is 6.07 Å². The molecule has 0 saturated heterocycles. The van der Waals surface area contributed by atoms with E-state index in [2.05, 4.69) is 20.7 Å². The molecule has 6 nitrogen and oxygen atoms in total. The maximum Gasteiger partial charge on any atom is 0.345 e. The molecular weight excluding hydrogens is 294 g/mol. The summed E-state index contributed by atoms with van der Waals surface area (Å²) in [4.78, 5) is 32.5. The average Bonchev–Trinajstić information content (AvgIpc) is 2.27. The third-order valence-electron chi connectivity index (χ3n) is 1.92. The summed E-state index contributed by atoms with van der Waals surface area (Å²) in [6.07, 6.45) is 0.379. The lowest BCUT2D eigenvalue weighted by Crippen LogP contribution is -2.11. The number of rotatable bonds is 4.